The third kappa shape index (κ3) is 4.14. The Kier molecular flexibility index (Phi) is 5.41. The molecule has 0 aliphatic rings. The molecule has 134 valence electrons. The molecule has 2 aromatic carbocycles. The van der Waals surface area contributed by atoms with Crippen LogP contribution in [0, 0.1) is 11.6 Å². The van der Waals surface area contributed by atoms with Crippen molar-refractivity contribution in [3.05, 3.63) is 71.4 Å². The molecule has 1 aromatic heterocycles. The van der Waals surface area contributed by atoms with Gasteiger partial charge in [0, 0.05) is 5.56 Å². The summed E-state index contributed by atoms with van der Waals surface area (Å²) in [5, 5.41) is 10.2. The molecule has 0 saturated heterocycles. The maximum absolute atomic E-state index is 13.2. The van der Waals surface area contributed by atoms with Gasteiger partial charge in [-0.2, -0.15) is 5.10 Å². The third-order valence-corrected chi connectivity index (χ3v) is 4.00. The first-order chi connectivity index (χ1) is 12.6. The van der Waals surface area contributed by atoms with Gasteiger partial charge in [0.25, 0.3) is 0 Å². The van der Waals surface area contributed by atoms with Gasteiger partial charge < -0.3 is 5.32 Å². The molecule has 6 heteroatoms. The number of halogens is 2. The highest BCUT2D eigenvalue weighted by atomic mass is 19.1. The van der Waals surface area contributed by atoms with Crippen LogP contribution in [0.3, 0.4) is 0 Å². The number of aromatic nitrogens is 2. The average Bonchev–Trinajstić information content (AvgIpc) is 3.00. The van der Waals surface area contributed by atoms with Crippen molar-refractivity contribution in [3.8, 4) is 11.3 Å². The van der Waals surface area contributed by atoms with E-state index in [1.807, 2.05) is 6.92 Å². The Labute approximate surface area is 150 Å². The minimum absolute atomic E-state index is 0.125. The highest BCUT2D eigenvalue weighted by Crippen LogP contribution is 2.30. The highest BCUT2D eigenvalue weighted by molar-refractivity contribution is 5.96. The number of hydrogen-bond acceptors (Lipinski definition) is 2. The molecule has 1 heterocycles. The summed E-state index contributed by atoms with van der Waals surface area (Å²) in [5.74, 6) is -0.897. The van der Waals surface area contributed by atoms with Gasteiger partial charge in [0.1, 0.15) is 17.3 Å². The maximum atomic E-state index is 13.2. The van der Waals surface area contributed by atoms with E-state index in [2.05, 4.69) is 15.5 Å². The monoisotopic (exact) mass is 355 g/mol. The van der Waals surface area contributed by atoms with Crippen LogP contribution in [0.5, 0.6) is 0 Å². The molecule has 0 fully saturated rings. The molecule has 0 atom stereocenters. The number of carbonyl (C=O) groups is 1. The second-order valence-electron chi connectivity index (χ2n) is 6.03. The summed E-state index contributed by atoms with van der Waals surface area (Å²) in [6, 6.07) is 11.8. The average molecular weight is 355 g/mol. The molecule has 0 radical (unpaired) electrons. The largest absolute Gasteiger partial charge is 0.322 e. The fraction of sp³-hybridized carbons (Fsp3) is 0.200. The van der Waals surface area contributed by atoms with E-state index in [0.29, 0.717) is 22.5 Å². The quantitative estimate of drug-likeness (QED) is 0.684. The fourth-order valence-corrected chi connectivity index (χ4v) is 2.73. The Morgan fingerprint density at radius 1 is 1.04 bits per heavy atom. The van der Waals surface area contributed by atoms with Gasteiger partial charge in [-0.1, -0.05) is 25.5 Å². The second-order valence-corrected chi connectivity index (χ2v) is 6.03. The molecule has 0 aliphatic carbocycles. The van der Waals surface area contributed by atoms with Gasteiger partial charge in [-0.05, 0) is 48.4 Å². The van der Waals surface area contributed by atoms with Crippen LogP contribution in [0.25, 0.3) is 11.3 Å². The molecule has 3 aromatic rings. The molecule has 1 amide bonds. The Morgan fingerprint density at radius 3 is 2.27 bits per heavy atom. The van der Waals surface area contributed by atoms with Gasteiger partial charge in [0.2, 0.25) is 5.91 Å². The maximum Gasteiger partial charge on any atom is 0.228 e. The molecule has 0 unspecified atom stereocenters. The van der Waals surface area contributed by atoms with Crippen LogP contribution >= 0.6 is 0 Å². The van der Waals surface area contributed by atoms with E-state index in [0.717, 1.165) is 18.5 Å². The van der Waals surface area contributed by atoms with Crippen molar-refractivity contribution < 1.29 is 13.6 Å². The number of rotatable bonds is 6. The van der Waals surface area contributed by atoms with Crippen molar-refractivity contribution in [2.45, 2.75) is 26.2 Å². The van der Waals surface area contributed by atoms with E-state index in [1.54, 1.807) is 24.3 Å². The summed E-state index contributed by atoms with van der Waals surface area (Å²) in [6.07, 6.45) is 1.73. The number of carbonyl (C=O) groups excluding carboxylic acids is 1. The van der Waals surface area contributed by atoms with Crippen LogP contribution in [-0.2, 0) is 17.6 Å². The van der Waals surface area contributed by atoms with Gasteiger partial charge in [0.15, 0.2) is 0 Å². The molecule has 0 saturated carbocycles. The van der Waals surface area contributed by atoms with Gasteiger partial charge in [-0.25, -0.2) is 8.78 Å². The molecule has 3 rings (SSSR count). The van der Waals surface area contributed by atoms with E-state index in [-0.39, 0.29) is 24.0 Å². The lowest BCUT2D eigenvalue weighted by Gasteiger charge is -2.09. The number of nitrogens with one attached hydrogen (secondary N) is 2. The second kappa shape index (κ2) is 7.91. The van der Waals surface area contributed by atoms with Crippen molar-refractivity contribution in [2.75, 3.05) is 5.32 Å². The van der Waals surface area contributed by atoms with E-state index < -0.39 is 0 Å². The minimum atomic E-state index is -0.340. The predicted octanol–water partition coefficient (Wildman–Crippen LogP) is 4.49. The molecule has 0 aliphatic heterocycles. The Morgan fingerprint density at radius 2 is 1.65 bits per heavy atom. The van der Waals surface area contributed by atoms with Crippen molar-refractivity contribution in [1.29, 1.82) is 0 Å². The Balaban J connectivity index is 1.84. The first-order valence-corrected chi connectivity index (χ1v) is 8.44. The molecule has 4 nitrogen and oxygen atoms in total. The number of hydrogen-bond donors (Lipinski definition) is 2. The number of nitrogens with zero attached hydrogens (tertiary/aromatic N) is 1. The molecule has 0 bridgehead atoms. The number of aromatic amines is 1. The summed E-state index contributed by atoms with van der Waals surface area (Å²) in [7, 11) is 0. The molecule has 0 spiro atoms. The van der Waals surface area contributed by atoms with Crippen LogP contribution in [0.1, 0.15) is 24.6 Å². The summed E-state index contributed by atoms with van der Waals surface area (Å²) in [6.45, 7) is 2.03. The van der Waals surface area contributed by atoms with Crippen molar-refractivity contribution in [1.82, 2.24) is 10.2 Å². The zero-order valence-electron chi connectivity index (χ0n) is 14.4. The van der Waals surface area contributed by atoms with Crippen LogP contribution < -0.4 is 5.32 Å². The van der Waals surface area contributed by atoms with E-state index >= 15 is 0 Å². The van der Waals surface area contributed by atoms with E-state index in [9.17, 15) is 13.6 Å². The normalized spacial score (nSPS) is 10.7. The third-order valence-electron chi connectivity index (χ3n) is 4.00. The number of aryl methyl sites for hydroxylation is 1. The zero-order chi connectivity index (χ0) is 18.5. The number of benzene rings is 2. The molecular weight excluding hydrogens is 336 g/mol. The zero-order valence-corrected chi connectivity index (χ0v) is 14.4. The Hall–Kier alpha value is -3.02. The smallest absolute Gasteiger partial charge is 0.228 e. The van der Waals surface area contributed by atoms with Crippen molar-refractivity contribution >= 4 is 11.6 Å². The lowest BCUT2D eigenvalue weighted by molar-refractivity contribution is -0.115. The van der Waals surface area contributed by atoms with Gasteiger partial charge in [-0.15, -0.1) is 0 Å². The first-order valence-electron chi connectivity index (χ1n) is 8.44. The summed E-state index contributed by atoms with van der Waals surface area (Å²) in [5.41, 5.74) is 3.42. The summed E-state index contributed by atoms with van der Waals surface area (Å²) >= 11 is 0. The Bertz CT molecular complexity index is 886. The lowest BCUT2D eigenvalue weighted by atomic mass is 10.1. The SMILES string of the molecule is CCCc1[nH]nc(-c2ccc(F)cc2)c1NC(=O)Cc1ccc(F)cc1. The molecular formula is C20H19F2N3O. The van der Waals surface area contributed by atoms with E-state index in [4.69, 9.17) is 0 Å². The van der Waals surface area contributed by atoms with Gasteiger partial charge >= 0.3 is 0 Å². The predicted molar refractivity (Wildman–Crippen MR) is 96.7 cm³/mol. The van der Waals surface area contributed by atoms with Crippen LogP contribution in [0.4, 0.5) is 14.5 Å². The van der Waals surface area contributed by atoms with Crippen molar-refractivity contribution in [2.24, 2.45) is 0 Å². The van der Waals surface area contributed by atoms with Crippen molar-refractivity contribution in [3.63, 3.8) is 0 Å². The highest BCUT2D eigenvalue weighted by Gasteiger charge is 2.17. The van der Waals surface area contributed by atoms with Gasteiger partial charge in [-0.3, -0.25) is 9.89 Å². The standard InChI is InChI=1S/C20H19F2N3O/c1-2-3-17-20(19(25-24-17)14-6-10-16(22)11-7-14)23-18(26)12-13-4-8-15(21)9-5-13/h4-11H,2-3,12H2,1H3,(H,23,26)(H,24,25). The molecule has 26 heavy (non-hydrogen) atoms. The number of amides is 1. The van der Waals surface area contributed by atoms with Crippen LogP contribution in [-0.4, -0.2) is 16.1 Å². The number of anilines is 1. The fourth-order valence-electron chi connectivity index (χ4n) is 2.73. The first kappa shape index (κ1) is 17.8. The topological polar surface area (TPSA) is 57.8 Å². The number of H-pyrrole nitrogens is 1. The van der Waals surface area contributed by atoms with Crippen LogP contribution in [0.2, 0.25) is 0 Å². The minimum Gasteiger partial charge on any atom is -0.322 e. The molecule has 2 N–H and O–H groups in total. The van der Waals surface area contributed by atoms with E-state index in [1.165, 1.54) is 24.3 Å². The van der Waals surface area contributed by atoms with Gasteiger partial charge in [0.05, 0.1) is 17.8 Å². The summed E-state index contributed by atoms with van der Waals surface area (Å²) < 4.78 is 26.2. The van der Waals surface area contributed by atoms with Crippen LogP contribution in [0.15, 0.2) is 48.5 Å². The summed E-state index contributed by atoms with van der Waals surface area (Å²) in [4.78, 5) is 12.5. The lowest BCUT2D eigenvalue weighted by Crippen LogP contribution is -2.15.